The quantitative estimate of drug-likeness (QED) is 0.763. The summed E-state index contributed by atoms with van der Waals surface area (Å²) in [7, 11) is 0. The Kier molecular flexibility index (Phi) is 2.52. The van der Waals surface area contributed by atoms with Crippen molar-refractivity contribution in [3.63, 3.8) is 0 Å². The summed E-state index contributed by atoms with van der Waals surface area (Å²) >= 11 is 1.45. The minimum atomic E-state index is -0.745. The molecular weight excluding hydrogens is 200 g/mol. The van der Waals surface area contributed by atoms with Crippen LogP contribution in [0, 0.1) is 0 Å². The number of nitrogens with zero attached hydrogens (tertiary/aromatic N) is 1. The highest BCUT2D eigenvalue weighted by Gasteiger charge is 2.42. The van der Waals surface area contributed by atoms with Crippen LogP contribution in [-0.4, -0.2) is 29.1 Å². The highest BCUT2D eigenvalue weighted by Crippen LogP contribution is 2.33. The first kappa shape index (κ1) is 9.61. The number of aliphatic carboxylic acids is 1. The molecule has 1 fully saturated rings. The third-order valence-corrected chi connectivity index (χ3v) is 3.38. The Morgan fingerprint density at radius 1 is 1.57 bits per heavy atom. The number of thiazole rings is 1. The highest BCUT2D eigenvalue weighted by atomic mass is 32.1. The van der Waals surface area contributed by atoms with Crippen LogP contribution in [0.15, 0.2) is 10.9 Å². The van der Waals surface area contributed by atoms with Crippen molar-refractivity contribution in [1.82, 2.24) is 10.3 Å². The van der Waals surface area contributed by atoms with Crippen molar-refractivity contribution in [3.05, 3.63) is 16.6 Å². The van der Waals surface area contributed by atoms with Crippen LogP contribution in [-0.2, 0) is 10.2 Å². The fourth-order valence-corrected chi connectivity index (χ4v) is 2.53. The number of piperidine rings is 1. The Labute approximate surface area is 86.0 Å². The fraction of sp³-hybridized carbons (Fsp3) is 0.556. The van der Waals surface area contributed by atoms with Gasteiger partial charge >= 0.3 is 5.97 Å². The summed E-state index contributed by atoms with van der Waals surface area (Å²) in [6, 6.07) is 0. The third kappa shape index (κ3) is 1.42. The molecular formula is C9H12N2O2S. The van der Waals surface area contributed by atoms with E-state index in [1.807, 2.05) is 5.38 Å². The van der Waals surface area contributed by atoms with E-state index in [0.29, 0.717) is 12.8 Å². The Morgan fingerprint density at radius 2 is 2.29 bits per heavy atom. The van der Waals surface area contributed by atoms with Crippen LogP contribution in [0.25, 0.3) is 0 Å². The largest absolute Gasteiger partial charge is 0.481 e. The highest BCUT2D eigenvalue weighted by molar-refractivity contribution is 7.07. The lowest BCUT2D eigenvalue weighted by Crippen LogP contribution is -2.45. The summed E-state index contributed by atoms with van der Waals surface area (Å²) in [6.45, 7) is 1.51. The summed E-state index contributed by atoms with van der Waals surface area (Å²) in [5, 5.41) is 14.3. The van der Waals surface area contributed by atoms with Gasteiger partial charge in [0.15, 0.2) is 0 Å². The molecule has 0 saturated carbocycles. The number of nitrogens with one attached hydrogen (secondary N) is 1. The van der Waals surface area contributed by atoms with E-state index >= 15 is 0 Å². The number of carboxylic acid groups (broad SMARTS) is 1. The molecule has 0 radical (unpaired) electrons. The van der Waals surface area contributed by atoms with Crippen LogP contribution in [0.3, 0.4) is 0 Å². The average Bonchev–Trinajstić information content (AvgIpc) is 2.72. The Morgan fingerprint density at radius 3 is 2.79 bits per heavy atom. The molecule has 0 atom stereocenters. The van der Waals surface area contributed by atoms with E-state index in [1.165, 1.54) is 11.3 Å². The molecule has 1 aliphatic rings. The van der Waals surface area contributed by atoms with Gasteiger partial charge in [0.25, 0.3) is 0 Å². The standard InChI is InChI=1S/C9H12N2O2S/c12-8(13)9(1-3-10-4-2-9)7-5-14-6-11-7/h5-6,10H,1-4H2,(H,12,13). The Hall–Kier alpha value is -0.940. The topological polar surface area (TPSA) is 62.2 Å². The van der Waals surface area contributed by atoms with E-state index in [-0.39, 0.29) is 0 Å². The molecule has 4 nitrogen and oxygen atoms in total. The SMILES string of the molecule is O=C(O)C1(c2cscn2)CCNCC1. The molecule has 2 N–H and O–H groups in total. The minimum absolute atomic E-state index is 0.631. The second kappa shape index (κ2) is 3.67. The van der Waals surface area contributed by atoms with Gasteiger partial charge in [-0.3, -0.25) is 4.79 Å². The van der Waals surface area contributed by atoms with Crippen molar-refractivity contribution in [2.75, 3.05) is 13.1 Å². The van der Waals surface area contributed by atoms with Gasteiger partial charge in [0.05, 0.1) is 11.2 Å². The molecule has 0 bridgehead atoms. The molecule has 0 spiro atoms. The van der Waals surface area contributed by atoms with Gasteiger partial charge in [0.1, 0.15) is 5.41 Å². The van der Waals surface area contributed by atoms with Gasteiger partial charge in [-0.1, -0.05) is 0 Å². The summed E-state index contributed by atoms with van der Waals surface area (Å²) in [5.41, 5.74) is 1.67. The number of carboxylic acids is 1. The monoisotopic (exact) mass is 212 g/mol. The van der Waals surface area contributed by atoms with Crippen LogP contribution in [0.4, 0.5) is 0 Å². The van der Waals surface area contributed by atoms with Crippen LogP contribution < -0.4 is 5.32 Å². The van der Waals surface area contributed by atoms with Gasteiger partial charge in [0, 0.05) is 5.38 Å². The predicted octanol–water partition coefficient (Wildman–Crippen LogP) is 0.849. The van der Waals surface area contributed by atoms with Crippen LogP contribution >= 0.6 is 11.3 Å². The zero-order valence-electron chi connectivity index (χ0n) is 7.69. The zero-order valence-corrected chi connectivity index (χ0v) is 8.51. The van der Waals surface area contributed by atoms with Crippen molar-refractivity contribution in [2.45, 2.75) is 18.3 Å². The van der Waals surface area contributed by atoms with Crippen molar-refractivity contribution in [1.29, 1.82) is 0 Å². The van der Waals surface area contributed by atoms with Gasteiger partial charge < -0.3 is 10.4 Å². The van der Waals surface area contributed by atoms with E-state index in [1.54, 1.807) is 5.51 Å². The lowest BCUT2D eigenvalue weighted by Gasteiger charge is -2.31. The molecule has 0 aromatic carbocycles. The van der Waals surface area contributed by atoms with Crippen LogP contribution in [0.5, 0.6) is 0 Å². The molecule has 76 valence electrons. The smallest absolute Gasteiger partial charge is 0.315 e. The van der Waals surface area contributed by atoms with Crippen molar-refractivity contribution in [3.8, 4) is 0 Å². The van der Waals surface area contributed by atoms with E-state index in [0.717, 1.165) is 18.8 Å². The van der Waals surface area contributed by atoms with Crippen LogP contribution in [0.1, 0.15) is 18.5 Å². The number of hydrogen-bond acceptors (Lipinski definition) is 4. The van der Waals surface area contributed by atoms with Gasteiger partial charge in [-0.25, -0.2) is 4.98 Å². The third-order valence-electron chi connectivity index (χ3n) is 2.79. The molecule has 1 aliphatic heterocycles. The van der Waals surface area contributed by atoms with E-state index < -0.39 is 11.4 Å². The Balaban J connectivity index is 2.35. The van der Waals surface area contributed by atoms with E-state index in [9.17, 15) is 9.90 Å². The van der Waals surface area contributed by atoms with Crippen molar-refractivity contribution < 1.29 is 9.90 Å². The van der Waals surface area contributed by atoms with Crippen LogP contribution in [0.2, 0.25) is 0 Å². The lowest BCUT2D eigenvalue weighted by atomic mass is 9.76. The molecule has 1 saturated heterocycles. The predicted molar refractivity (Wildman–Crippen MR) is 53.5 cm³/mol. The number of hydrogen-bond donors (Lipinski definition) is 2. The summed E-state index contributed by atoms with van der Waals surface area (Å²) < 4.78 is 0. The molecule has 0 amide bonds. The average molecular weight is 212 g/mol. The summed E-state index contributed by atoms with van der Waals surface area (Å²) in [5.74, 6) is -0.745. The second-order valence-corrected chi connectivity index (χ2v) is 4.23. The first-order chi connectivity index (χ1) is 6.76. The Bertz CT molecular complexity index is 318. The van der Waals surface area contributed by atoms with Gasteiger partial charge in [-0.15, -0.1) is 11.3 Å². The molecule has 1 aromatic rings. The van der Waals surface area contributed by atoms with Gasteiger partial charge in [0.2, 0.25) is 0 Å². The first-order valence-corrected chi connectivity index (χ1v) is 5.53. The second-order valence-electron chi connectivity index (χ2n) is 3.51. The normalized spacial score (nSPS) is 20.6. The number of carbonyl (C=O) groups is 1. The maximum absolute atomic E-state index is 11.3. The fourth-order valence-electron chi connectivity index (χ4n) is 1.88. The molecule has 0 unspecified atom stereocenters. The first-order valence-electron chi connectivity index (χ1n) is 4.58. The molecule has 1 aromatic heterocycles. The van der Waals surface area contributed by atoms with E-state index in [2.05, 4.69) is 10.3 Å². The molecule has 14 heavy (non-hydrogen) atoms. The number of rotatable bonds is 2. The molecule has 2 rings (SSSR count). The number of aromatic nitrogens is 1. The summed E-state index contributed by atoms with van der Waals surface area (Å²) in [6.07, 6.45) is 1.26. The van der Waals surface area contributed by atoms with Gasteiger partial charge in [-0.2, -0.15) is 0 Å². The van der Waals surface area contributed by atoms with Crippen molar-refractivity contribution >= 4 is 17.3 Å². The summed E-state index contributed by atoms with van der Waals surface area (Å²) in [4.78, 5) is 15.5. The van der Waals surface area contributed by atoms with E-state index in [4.69, 9.17) is 0 Å². The van der Waals surface area contributed by atoms with Gasteiger partial charge in [-0.05, 0) is 25.9 Å². The lowest BCUT2D eigenvalue weighted by molar-refractivity contribution is -0.145. The maximum atomic E-state index is 11.3. The minimum Gasteiger partial charge on any atom is -0.481 e. The molecule has 5 heteroatoms. The maximum Gasteiger partial charge on any atom is 0.315 e. The molecule has 2 heterocycles. The zero-order chi connectivity index (χ0) is 10.0. The van der Waals surface area contributed by atoms with Crippen molar-refractivity contribution in [2.24, 2.45) is 0 Å². The molecule has 0 aliphatic carbocycles.